The van der Waals surface area contributed by atoms with Crippen molar-refractivity contribution in [3.8, 4) is 0 Å². The van der Waals surface area contributed by atoms with E-state index in [1.54, 1.807) is 12.1 Å². The van der Waals surface area contributed by atoms with E-state index in [1.807, 2.05) is 18.7 Å². The van der Waals surface area contributed by atoms with Gasteiger partial charge < -0.3 is 10.2 Å². The molecule has 2 fully saturated rings. The zero-order valence-electron chi connectivity index (χ0n) is 14.5. The van der Waals surface area contributed by atoms with Crippen LogP contribution >= 0.6 is 12.4 Å². The number of carbonyl (C=O) groups excluding carboxylic acids is 1. The van der Waals surface area contributed by atoms with Gasteiger partial charge in [-0.25, -0.2) is 4.39 Å². The second kappa shape index (κ2) is 8.30. The number of nitrogens with one attached hydrogen (secondary N) is 1. The fourth-order valence-electron chi connectivity index (χ4n) is 4.29. The Bertz CT molecular complexity index is 539. The number of rotatable bonds is 5. The Balaban J connectivity index is 0.00000208. The van der Waals surface area contributed by atoms with Crippen molar-refractivity contribution >= 4 is 18.3 Å². The topological polar surface area (TPSA) is 32.3 Å². The minimum atomic E-state index is -0.236. The van der Waals surface area contributed by atoms with Gasteiger partial charge in [0.05, 0.1) is 6.04 Å². The van der Waals surface area contributed by atoms with Crippen molar-refractivity contribution in [3.63, 3.8) is 0 Å². The predicted octanol–water partition coefficient (Wildman–Crippen LogP) is 4.08. The number of piperidine rings is 1. The predicted molar refractivity (Wildman–Crippen MR) is 96.7 cm³/mol. The molecule has 1 aromatic rings. The number of carbonyl (C=O) groups is 1. The van der Waals surface area contributed by atoms with Gasteiger partial charge in [-0.15, -0.1) is 12.4 Å². The van der Waals surface area contributed by atoms with Gasteiger partial charge >= 0.3 is 0 Å². The summed E-state index contributed by atoms with van der Waals surface area (Å²) in [7, 11) is 0. The van der Waals surface area contributed by atoms with Crippen molar-refractivity contribution in [2.45, 2.75) is 64.1 Å². The molecule has 3 nitrogen and oxygen atoms in total. The van der Waals surface area contributed by atoms with Crippen LogP contribution in [0.4, 0.5) is 4.39 Å². The van der Waals surface area contributed by atoms with Crippen LogP contribution in [0, 0.1) is 11.7 Å². The molecule has 0 aromatic heterocycles. The number of fused-ring (bicyclic) bond motifs is 2. The van der Waals surface area contributed by atoms with Crippen molar-refractivity contribution in [1.82, 2.24) is 10.2 Å². The average molecular weight is 355 g/mol. The summed E-state index contributed by atoms with van der Waals surface area (Å²) < 4.78 is 13.1. The van der Waals surface area contributed by atoms with E-state index in [0.717, 1.165) is 18.4 Å². The number of benzene rings is 1. The van der Waals surface area contributed by atoms with E-state index < -0.39 is 0 Å². The summed E-state index contributed by atoms with van der Waals surface area (Å²) in [5, 5.41) is 3.63. The van der Waals surface area contributed by atoms with Gasteiger partial charge in [-0.3, -0.25) is 4.79 Å². The fourth-order valence-corrected chi connectivity index (χ4v) is 4.29. The second-order valence-electron chi connectivity index (χ2n) is 7.09. The zero-order valence-corrected chi connectivity index (χ0v) is 15.3. The maximum Gasteiger partial charge on any atom is 0.223 e. The fraction of sp³-hybridized carbons (Fsp3) is 0.632. The van der Waals surface area contributed by atoms with E-state index in [-0.39, 0.29) is 30.2 Å². The van der Waals surface area contributed by atoms with Gasteiger partial charge in [0, 0.05) is 25.0 Å². The van der Waals surface area contributed by atoms with E-state index in [4.69, 9.17) is 0 Å². The van der Waals surface area contributed by atoms with E-state index in [1.165, 1.54) is 25.0 Å². The summed E-state index contributed by atoms with van der Waals surface area (Å²) >= 11 is 0. The molecule has 3 unspecified atom stereocenters. The first kappa shape index (κ1) is 19.2. The quantitative estimate of drug-likeness (QED) is 0.864. The van der Waals surface area contributed by atoms with E-state index >= 15 is 0 Å². The molecule has 24 heavy (non-hydrogen) atoms. The summed E-state index contributed by atoms with van der Waals surface area (Å²) in [5.74, 6) is 0.506. The molecule has 2 heterocycles. The van der Waals surface area contributed by atoms with Crippen molar-refractivity contribution in [2.75, 3.05) is 6.54 Å². The maximum absolute atomic E-state index is 13.1. The van der Waals surface area contributed by atoms with Gasteiger partial charge in [-0.1, -0.05) is 12.1 Å². The summed E-state index contributed by atoms with van der Waals surface area (Å²) in [6, 6.07) is 7.73. The molecule has 1 amide bonds. The molecule has 1 N–H and O–H groups in total. The van der Waals surface area contributed by atoms with Crippen LogP contribution in [0.15, 0.2) is 24.3 Å². The van der Waals surface area contributed by atoms with Crippen LogP contribution in [0.25, 0.3) is 0 Å². The van der Waals surface area contributed by atoms with Gasteiger partial charge in [0.2, 0.25) is 5.91 Å². The largest absolute Gasteiger partial charge is 0.336 e. The van der Waals surface area contributed by atoms with Crippen molar-refractivity contribution < 1.29 is 9.18 Å². The zero-order chi connectivity index (χ0) is 16.4. The first-order chi connectivity index (χ1) is 11.1. The van der Waals surface area contributed by atoms with Crippen LogP contribution in [0.3, 0.4) is 0 Å². The van der Waals surface area contributed by atoms with Crippen LogP contribution in [-0.4, -0.2) is 29.4 Å². The first-order valence-electron chi connectivity index (χ1n) is 8.87. The highest BCUT2D eigenvalue weighted by atomic mass is 35.5. The molecule has 2 bridgehead atoms. The van der Waals surface area contributed by atoms with Crippen LogP contribution in [0.5, 0.6) is 0 Å². The Morgan fingerprint density at radius 2 is 1.83 bits per heavy atom. The lowest BCUT2D eigenvalue weighted by Crippen LogP contribution is -2.41. The SMILES string of the molecule is CCN(C(=O)CC1CC2CCC(C1)N2)C(C)c1ccc(F)cc1.Cl. The monoisotopic (exact) mass is 354 g/mol. The van der Waals surface area contributed by atoms with Crippen molar-refractivity contribution in [1.29, 1.82) is 0 Å². The molecule has 1 aromatic carbocycles. The highest BCUT2D eigenvalue weighted by molar-refractivity contribution is 5.85. The molecule has 2 aliphatic heterocycles. The van der Waals surface area contributed by atoms with Gasteiger partial charge in [0.1, 0.15) is 5.82 Å². The molecule has 5 heteroatoms. The van der Waals surface area contributed by atoms with Crippen LogP contribution in [-0.2, 0) is 4.79 Å². The van der Waals surface area contributed by atoms with E-state index in [9.17, 15) is 9.18 Å². The summed E-state index contributed by atoms with van der Waals surface area (Å²) in [5.41, 5.74) is 0.993. The number of halogens is 2. The molecule has 2 saturated heterocycles. The Morgan fingerprint density at radius 3 is 2.38 bits per heavy atom. The Morgan fingerprint density at radius 1 is 1.25 bits per heavy atom. The molecule has 134 valence electrons. The average Bonchev–Trinajstić information content (AvgIpc) is 2.87. The van der Waals surface area contributed by atoms with Crippen LogP contribution in [0.1, 0.15) is 57.6 Å². The van der Waals surface area contributed by atoms with Crippen LogP contribution in [0.2, 0.25) is 0 Å². The number of hydrogen-bond donors (Lipinski definition) is 1. The maximum atomic E-state index is 13.1. The van der Waals surface area contributed by atoms with E-state index in [2.05, 4.69) is 5.32 Å². The highest BCUT2D eigenvalue weighted by Gasteiger charge is 2.35. The molecule has 3 rings (SSSR count). The van der Waals surface area contributed by atoms with Crippen LogP contribution < -0.4 is 5.32 Å². The molecular weight excluding hydrogens is 327 g/mol. The third-order valence-corrected chi connectivity index (χ3v) is 5.51. The highest BCUT2D eigenvalue weighted by Crippen LogP contribution is 2.33. The lowest BCUT2D eigenvalue weighted by atomic mass is 9.89. The molecule has 0 saturated carbocycles. The molecule has 2 aliphatic rings. The summed E-state index contributed by atoms with van der Waals surface area (Å²) in [6.07, 6.45) is 5.43. The van der Waals surface area contributed by atoms with Gasteiger partial charge in [0.25, 0.3) is 0 Å². The standard InChI is InChI=1S/C19H27FN2O.ClH/c1-3-22(13(2)15-4-6-16(20)7-5-15)19(23)12-14-10-17-8-9-18(11-14)21-17;/h4-7,13-14,17-18,21H,3,8-12H2,1-2H3;1H. The first-order valence-corrected chi connectivity index (χ1v) is 8.87. The Kier molecular flexibility index (Phi) is 6.64. The number of amides is 1. The third kappa shape index (κ3) is 4.28. The molecule has 3 atom stereocenters. The third-order valence-electron chi connectivity index (χ3n) is 5.51. The molecular formula is C19H28ClFN2O. The molecule has 0 radical (unpaired) electrons. The summed E-state index contributed by atoms with van der Waals surface area (Å²) in [6.45, 7) is 4.74. The Hall–Kier alpha value is -1.13. The Labute approximate surface area is 150 Å². The van der Waals surface area contributed by atoms with Gasteiger partial charge in [0.15, 0.2) is 0 Å². The smallest absolute Gasteiger partial charge is 0.223 e. The number of hydrogen-bond acceptors (Lipinski definition) is 2. The molecule has 0 spiro atoms. The van der Waals surface area contributed by atoms with Crippen molar-refractivity contribution in [3.05, 3.63) is 35.6 Å². The number of nitrogens with zero attached hydrogens (tertiary/aromatic N) is 1. The minimum Gasteiger partial charge on any atom is -0.336 e. The van der Waals surface area contributed by atoms with Gasteiger partial charge in [-0.05, 0) is 63.1 Å². The van der Waals surface area contributed by atoms with Crippen molar-refractivity contribution in [2.24, 2.45) is 5.92 Å². The lowest BCUT2D eigenvalue weighted by Gasteiger charge is -2.33. The lowest BCUT2D eigenvalue weighted by molar-refractivity contribution is -0.134. The summed E-state index contributed by atoms with van der Waals surface area (Å²) in [4.78, 5) is 14.7. The van der Waals surface area contributed by atoms with E-state index in [0.29, 0.717) is 31.0 Å². The minimum absolute atomic E-state index is 0. The molecule has 0 aliphatic carbocycles. The normalized spacial score (nSPS) is 26.5. The second-order valence-corrected chi connectivity index (χ2v) is 7.09. The van der Waals surface area contributed by atoms with Gasteiger partial charge in [-0.2, -0.15) is 0 Å².